The van der Waals surface area contributed by atoms with E-state index in [2.05, 4.69) is 39.9 Å². The Hall–Kier alpha value is -2.88. The molecule has 3 heterocycles. The van der Waals surface area contributed by atoms with Crippen LogP contribution in [0, 0.1) is 0 Å². The molecule has 3 aliphatic rings. The molecule has 1 aromatic rings. The summed E-state index contributed by atoms with van der Waals surface area (Å²) in [6.07, 6.45) is -1.42. The first-order valence-corrected chi connectivity index (χ1v) is 10.3. The molecule has 4 rings (SSSR count). The maximum Gasteiger partial charge on any atom is 0.512 e. The van der Waals surface area contributed by atoms with Gasteiger partial charge in [0.2, 0.25) is 5.88 Å². The highest BCUT2D eigenvalue weighted by molar-refractivity contribution is 8.00. The van der Waals surface area contributed by atoms with Crippen LogP contribution in [0.15, 0.2) is 40.7 Å². The minimum absolute atomic E-state index is 0.0482. The molecule has 1 aromatic carbocycles. The van der Waals surface area contributed by atoms with Gasteiger partial charge in [0.05, 0.1) is 12.6 Å². The van der Waals surface area contributed by atoms with Crippen LogP contribution in [0.2, 0.25) is 0 Å². The standard InChI is InChI=1S/C19H23N5O4S/c1-10-9-29-17-14(15(25)24(17)16(10)28-19(26)27)22-18-20-8-13(21-18)11-4-6-12(7-5-11)23(2)3/h4-7,13-14,17H,8-9H2,1-3H3,(H,26,27)(H2,20,21,22)/t13?,14?,17-/m0/s1. The van der Waals surface area contributed by atoms with E-state index in [4.69, 9.17) is 9.84 Å². The van der Waals surface area contributed by atoms with Crippen LogP contribution in [-0.2, 0) is 9.53 Å². The van der Waals surface area contributed by atoms with Gasteiger partial charge in [-0.15, -0.1) is 11.8 Å². The molecule has 9 nitrogen and oxygen atoms in total. The quantitative estimate of drug-likeness (QED) is 0.501. The van der Waals surface area contributed by atoms with Crippen molar-refractivity contribution in [1.82, 2.24) is 15.5 Å². The van der Waals surface area contributed by atoms with E-state index in [1.54, 1.807) is 18.7 Å². The van der Waals surface area contributed by atoms with E-state index in [9.17, 15) is 9.59 Å². The van der Waals surface area contributed by atoms with Crippen molar-refractivity contribution in [3.8, 4) is 0 Å². The van der Waals surface area contributed by atoms with Crippen LogP contribution in [0.25, 0.3) is 0 Å². The van der Waals surface area contributed by atoms with Gasteiger partial charge in [-0.3, -0.25) is 14.7 Å². The highest BCUT2D eigenvalue weighted by atomic mass is 32.2. The van der Waals surface area contributed by atoms with E-state index in [0.29, 0.717) is 18.3 Å². The second-order valence-electron chi connectivity index (χ2n) is 7.36. The zero-order valence-corrected chi connectivity index (χ0v) is 17.2. The molecule has 3 aliphatic heterocycles. The minimum Gasteiger partial charge on any atom is -0.449 e. The predicted octanol–water partition coefficient (Wildman–Crippen LogP) is 1.55. The van der Waals surface area contributed by atoms with Crippen LogP contribution >= 0.6 is 11.8 Å². The van der Waals surface area contributed by atoms with Crippen LogP contribution in [0.4, 0.5) is 10.5 Å². The number of hydrogen-bond acceptors (Lipinski definition) is 8. The molecule has 1 fully saturated rings. The summed E-state index contributed by atoms with van der Waals surface area (Å²) in [5, 5.41) is 15.2. The first-order chi connectivity index (χ1) is 13.8. The van der Waals surface area contributed by atoms with Gasteiger partial charge in [0.1, 0.15) is 11.4 Å². The van der Waals surface area contributed by atoms with Gasteiger partial charge >= 0.3 is 6.16 Å². The van der Waals surface area contributed by atoms with E-state index in [1.807, 2.05) is 19.0 Å². The second kappa shape index (κ2) is 7.51. The number of rotatable bonds is 4. The lowest BCUT2D eigenvalue weighted by atomic mass is 10.1. The summed E-state index contributed by atoms with van der Waals surface area (Å²) in [5.41, 5.74) is 2.99. The number of hydrogen-bond donors (Lipinski definition) is 3. The van der Waals surface area contributed by atoms with Gasteiger partial charge in [0.25, 0.3) is 5.91 Å². The number of aliphatic imine (C=N–C) groups is 1. The second-order valence-corrected chi connectivity index (χ2v) is 8.46. The number of anilines is 1. The summed E-state index contributed by atoms with van der Waals surface area (Å²) >= 11 is 1.57. The monoisotopic (exact) mass is 417 g/mol. The van der Waals surface area contributed by atoms with Crippen molar-refractivity contribution >= 4 is 35.5 Å². The summed E-state index contributed by atoms with van der Waals surface area (Å²) in [6, 6.07) is 7.85. The van der Waals surface area contributed by atoms with Crippen LogP contribution in [-0.4, -0.2) is 65.8 Å². The number of nitrogens with one attached hydrogen (secondary N) is 2. The molecule has 154 valence electrons. The van der Waals surface area contributed by atoms with Gasteiger partial charge < -0.3 is 25.4 Å². The number of fused-ring (bicyclic) bond motifs is 1. The molecule has 3 atom stereocenters. The molecule has 2 unspecified atom stereocenters. The Bertz CT molecular complexity index is 898. The number of β-lactam (4-membered cyclic amide) rings is 1. The fraction of sp³-hybridized carbons (Fsp3) is 0.421. The molecule has 1 saturated heterocycles. The van der Waals surface area contributed by atoms with Crippen molar-refractivity contribution < 1.29 is 19.4 Å². The van der Waals surface area contributed by atoms with Gasteiger partial charge in [0, 0.05) is 25.5 Å². The van der Waals surface area contributed by atoms with Crippen molar-refractivity contribution in [2.24, 2.45) is 4.99 Å². The van der Waals surface area contributed by atoms with E-state index in [0.717, 1.165) is 16.8 Å². The average molecular weight is 417 g/mol. The Balaban J connectivity index is 1.38. The molecule has 3 N–H and O–H groups in total. The Morgan fingerprint density at radius 1 is 1.38 bits per heavy atom. The lowest BCUT2D eigenvalue weighted by molar-refractivity contribution is -0.145. The van der Waals surface area contributed by atoms with Crippen LogP contribution < -0.4 is 15.5 Å². The number of ether oxygens (including phenoxy) is 1. The Kier molecular flexibility index (Phi) is 5.03. The molecule has 29 heavy (non-hydrogen) atoms. The minimum atomic E-state index is -1.42. The number of carbonyl (C=O) groups is 2. The fourth-order valence-electron chi connectivity index (χ4n) is 3.55. The third kappa shape index (κ3) is 3.59. The van der Waals surface area contributed by atoms with Crippen molar-refractivity contribution in [3.05, 3.63) is 41.3 Å². The lowest BCUT2D eigenvalue weighted by Crippen LogP contribution is -2.70. The maximum atomic E-state index is 12.6. The van der Waals surface area contributed by atoms with Crippen LogP contribution in [0.1, 0.15) is 18.5 Å². The Morgan fingerprint density at radius 2 is 2.10 bits per heavy atom. The van der Waals surface area contributed by atoms with Crippen molar-refractivity contribution in [2.75, 3.05) is 31.3 Å². The van der Waals surface area contributed by atoms with Crippen molar-refractivity contribution in [1.29, 1.82) is 0 Å². The van der Waals surface area contributed by atoms with Crippen LogP contribution in [0.3, 0.4) is 0 Å². The number of guanidine groups is 1. The molecule has 0 bridgehead atoms. The fourth-order valence-corrected chi connectivity index (χ4v) is 4.82. The zero-order valence-electron chi connectivity index (χ0n) is 16.4. The average Bonchev–Trinajstić information content (AvgIpc) is 3.16. The van der Waals surface area contributed by atoms with Gasteiger partial charge in [0.15, 0.2) is 5.96 Å². The number of nitrogens with zero attached hydrogens (tertiary/aromatic N) is 3. The molecular formula is C19H23N5O4S. The third-order valence-electron chi connectivity index (χ3n) is 5.13. The number of benzene rings is 1. The molecule has 0 radical (unpaired) electrons. The zero-order chi connectivity index (χ0) is 20.7. The summed E-state index contributed by atoms with van der Waals surface area (Å²) in [4.78, 5) is 31.5. The predicted molar refractivity (Wildman–Crippen MR) is 111 cm³/mol. The topological polar surface area (TPSA) is 106 Å². The van der Waals surface area contributed by atoms with Gasteiger partial charge in [-0.2, -0.15) is 0 Å². The number of thioether (sulfide) groups is 1. The maximum absolute atomic E-state index is 12.6. The SMILES string of the molecule is CC1=C(OC(=O)O)N2C(=O)C(NC3=NCC(c4ccc(N(C)C)cc4)N3)[C@@H]2SC1. The normalized spacial score (nSPS) is 25.6. The van der Waals surface area contributed by atoms with Crippen molar-refractivity contribution in [2.45, 2.75) is 24.4 Å². The molecule has 0 saturated carbocycles. The van der Waals surface area contributed by atoms with Crippen molar-refractivity contribution in [3.63, 3.8) is 0 Å². The molecule has 1 amide bonds. The van der Waals surface area contributed by atoms with E-state index in [-0.39, 0.29) is 23.2 Å². The lowest BCUT2D eigenvalue weighted by Gasteiger charge is -2.49. The molecular weight excluding hydrogens is 394 g/mol. The summed E-state index contributed by atoms with van der Waals surface area (Å²) < 4.78 is 4.84. The molecule has 0 spiro atoms. The highest BCUT2D eigenvalue weighted by Crippen LogP contribution is 2.40. The molecule has 0 aromatic heterocycles. The molecule has 0 aliphatic carbocycles. The van der Waals surface area contributed by atoms with E-state index in [1.165, 1.54) is 4.90 Å². The van der Waals surface area contributed by atoms with E-state index >= 15 is 0 Å². The summed E-state index contributed by atoms with van der Waals surface area (Å²) in [6.45, 7) is 2.35. The molecule has 10 heteroatoms. The van der Waals surface area contributed by atoms with E-state index < -0.39 is 12.2 Å². The summed E-state index contributed by atoms with van der Waals surface area (Å²) in [5.74, 6) is 1.10. The summed E-state index contributed by atoms with van der Waals surface area (Å²) in [7, 11) is 4.00. The first kappa shape index (κ1) is 19.4. The third-order valence-corrected chi connectivity index (χ3v) is 6.55. The van der Waals surface area contributed by atoms with Crippen LogP contribution in [0.5, 0.6) is 0 Å². The Morgan fingerprint density at radius 3 is 2.76 bits per heavy atom. The smallest absolute Gasteiger partial charge is 0.449 e. The van der Waals surface area contributed by atoms with Gasteiger partial charge in [-0.1, -0.05) is 12.1 Å². The largest absolute Gasteiger partial charge is 0.512 e. The Labute approximate surface area is 172 Å². The highest BCUT2D eigenvalue weighted by Gasteiger charge is 2.53. The van der Waals surface area contributed by atoms with Gasteiger partial charge in [-0.05, 0) is 30.2 Å². The number of carbonyl (C=O) groups excluding carboxylic acids is 1. The first-order valence-electron chi connectivity index (χ1n) is 9.25. The number of amides is 1. The number of carboxylic acid groups (broad SMARTS) is 1. The van der Waals surface area contributed by atoms with Gasteiger partial charge in [-0.25, -0.2) is 4.79 Å².